The van der Waals surface area contributed by atoms with Crippen molar-refractivity contribution in [1.29, 1.82) is 0 Å². The number of halogens is 3. The molecule has 4 aromatic heterocycles. The first kappa shape index (κ1) is 16.4. The van der Waals surface area contributed by atoms with E-state index in [4.69, 9.17) is 0 Å². The second kappa shape index (κ2) is 5.88. The first-order valence-electron chi connectivity index (χ1n) is 8.30. The molecule has 9 heteroatoms. The number of alkyl halides is 3. The van der Waals surface area contributed by atoms with Gasteiger partial charge in [0.15, 0.2) is 11.3 Å². The Morgan fingerprint density at radius 1 is 0.964 bits per heavy atom. The van der Waals surface area contributed by atoms with Gasteiger partial charge in [-0.05, 0) is 24.3 Å². The van der Waals surface area contributed by atoms with E-state index >= 15 is 0 Å². The van der Waals surface area contributed by atoms with Gasteiger partial charge in [0.25, 0.3) is 0 Å². The summed E-state index contributed by atoms with van der Waals surface area (Å²) in [5.74, 6) is 0. The molecule has 0 amide bonds. The predicted molar refractivity (Wildman–Crippen MR) is 98.3 cm³/mol. The molecule has 0 saturated carbocycles. The first-order chi connectivity index (χ1) is 13.5. The Kier molecular flexibility index (Phi) is 3.45. The zero-order valence-electron chi connectivity index (χ0n) is 14.1. The lowest BCUT2D eigenvalue weighted by Gasteiger charge is -2.12. The Morgan fingerprint density at radius 2 is 1.82 bits per heavy atom. The minimum Gasteiger partial charge on any atom is -0.353 e. The quantitative estimate of drug-likeness (QED) is 0.485. The van der Waals surface area contributed by atoms with Gasteiger partial charge in [-0.2, -0.15) is 13.2 Å². The monoisotopic (exact) mass is 380 g/mol. The minimum atomic E-state index is -4.43. The van der Waals surface area contributed by atoms with Crippen LogP contribution in [0.3, 0.4) is 0 Å². The van der Waals surface area contributed by atoms with E-state index in [-0.39, 0.29) is 0 Å². The van der Waals surface area contributed by atoms with Crippen molar-refractivity contribution in [2.75, 3.05) is 5.32 Å². The van der Waals surface area contributed by atoms with Gasteiger partial charge in [-0.1, -0.05) is 6.07 Å². The van der Waals surface area contributed by atoms with E-state index in [0.29, 0.717) is 39.1 Å². The number of pyridine rings is 2. The summed E-state index contributed by atoms with van der Waals surface area (Å²) in [6.45, 7) is 0. The number of fused-ring (bicyclic) bond motifs is 4. The van der Waals surface area contributed by atoms with E-state index < -0.39 is 11.7 Å². The average Bonchev–Trinajstić information content (AvgIpc) is 3.06. The molecular weight excluding hydrogens is 369 g/mol. The molecule has 4 heterocycles. The van der Waals surface area contributed by atoms with Gasteiger partial charge in [0.05, 0.1) is 23.0 Å². The third kappa shape index (κ3) is 2.59. The SMILES string of the molecule is FC(F)(F)c1cccc(Nc2c3cnccc3nc3c2nc2cnccn23)c1. The van der Waals surface area contributed by atoms with E-state index in [1.807, 2.05) is 0 Å². The van der Waals surface area contributed by atoms with Crippen LogP contribution in [0, 0.1) is 0 Å². The summed E-state index contributed by atoms with van der Waals surface area (Å²) < 4.78 is 41.0. The number of aromatic nitrogens is 5. The van der Waals surface area contributed by atoms with Crippen molar-refractivity contribution < 1.29 is 13.2 Å². The maximum Gasteiger partial charge on any atom is 0.416 e. The van der Waals surface area contributed by atoms with Crippen molar-refractivity contribution in [1.82, 2.24) is 24.3 Å². The van der Waals surface area contributed by atoms with E-state index in [2.05, 4.69) is 25.3 Å². The van der Waals surface area contributed by atoms with Crippen LogP contribution >= 0.6 is 0 Å². The second-order valence-electron chi connectivity index (χ2n) is 6.17. The third-order valence-electron chi connectivity index (χ3n) is 4.39. The van der Waals surface area contributed by atoms with Crippen molar-refractivity contribution >= 4 is 39.1 Å². The minimum absolute atomic E-state index is 0.294. The van der Waals surface area contributed by atoms with Gasteiger partial charge >= 0.3 is 6.18 Å². The Bertz CT molecular complexity index is 1340. The normalized spacial score (nSPS) is 12.1. The summed E-state index contributed by atoms with van der Waals surface area (Å²) in [5.41, 5.74) is 2.43. The molecule has 5 rings (SSSR count). The average molecular weight is 380 g/mol. The molecular formula is C19H11F3N6. The van der Waals surface area contributed by atoms with Crippen molar-refractivity contribution in [3.63, 3.8) is 0 Å². The molecule has 1 aromatic carbocycles. The molecule has 138 valence electrons. The van der Waals surface area contributed by atoms with Gasteiger partial charge in [-0.15, -0.1) is 0 Å². The summed E-state index contributed by atoms with van der Waals surface area (Å²) in [7, 11) is 0. The summed E-state index contributed by atoms with van der Waals surface area (Å²) in [6, 6.07) is 6.76. The van der Waals surface area contributed by atoms with E-state index in [0.717, 1.165) is 12.1 Å². The first-order valence-corrected chi connectivity index (χ1v) is 8.30. The standard InChI is InChI=1S/C19H11F3N6/c20-19(21,22)11-2-1-3-12(8-11)25-16-13-9-23-5-4-14(13)26-18-17(16)27-15-10-24-6-7-28(15)18/h1-10H,(H,25,26). The summed E-state index contributed by atoms with van der Waals surface area (Å²) >= 11 is 0. The highest BCUT2D eigenvalue weighted by atomic mass is 19.4. The van der Waals surface area contributed by atoms with Gasteiger partial charge in [0.1, 0.15) is 5.52 Å². The maximum atomic E-state index is 13.1. The Hall–Kier alpha value is -3.75. The zero-order chi connectivity index (χ0) is 19.3. The summed E-state index contributed by atoms with van der Waals surface area (Å²) in [6.07, 6.45) is 3.74. The molecule has 6 nitrogen and oxygen atoms in total. The van der Waals surface area contributed by atoms with Crippen LogP contribution in [0.25, 0.3) is 27.7 Å². The van der Waals surface area contributed by atoms with Crippen LogP contribution in [-0.4, -0.2) is 24.3 Å². The van der Waals surface area contributed by atoms with E-state index in [9.17, 15) is 13.2 Å². The van der Waals surface area contributed by atoms with Gasteiger partial charge in [0.2, 0.25) is 0 Å². The van der Waals surface area contributed by atoms with Crippen molar-refractivity contribution in [3.8, 4) is 0 Å². The van der Waals surface area contributed by atoms with Crippen LogP contribution in [0.5, 0.6) is 0 Å². The molecule has 1 N–H and O–H groups in total. The highest BCUT2D eigenvalue weighted by Gasteiger charge is 2.30. The number of benzene rings is 1. The Morgan fingerprint density at radius 3 is 2.68 bits per heavy atom. The molecule has 0 bridgehead atoms. The lowest BCUT2D eigenvalue weighted by molar-refractivity contribution is -0.137. The van der Waals surface area contributed by atoms with Gasteiger partial charge in [-0.3, -0.25) is 14.4 Å². The van der Waals surface area contributed by atoms with E-state index in [1.165, 1.54) is 6.07 Å². The maximum absolute atomic E-state index is 13.1. The Balaban J connectivity index is 1.77. The van der Waals surface area contributed by atoms with Crippen LogP contribution in [-0.2, 0) is 6.18 Å². The molecule has 0 atom stereocenters. The zero-order valence-corrected chi connectivity index (χ0v) is 14.1. The molecule has 0 fully saturated rings. The number of nitrogens with one attached hydrogen (secondary N) is 1. The highest BCUT2D eigenvalue weighted by Crippen LogP contribution is 2.35. The summed E-state index contributed by atoms with van der Waals surface area (Å²) in [5, 5.41) is 3.74. The molecule has 28 heavy (non-hydrogen) atoms. The van der Waals surface area contributed by atoms with Crippen LogP contribution in [0.2, 0.25) is 0 Å². The van der Waals surface area contributed by atoms with E-state index in [1.54, 1.807) is 47.5 Å². The van der Waals surface area contributed by atoms with Crippen LogP contribution in [0.4, 0.5) is 24.5 Å². The molecule has 0 spiro atoms. The number of imidazole rings is 1. The van der Waals surface area contributed by atoms with Crippen molar-refractivity contribution in [2.45, 2.75) is 6.18 Å². The smallest absolute Gasteiger partial charge is 0.353 e. The molecule has 5 aromatic rings. The molecule has 0 aliphatic carbocycles. The number of anilines is 2. The second-order valence-corrected chi connectivity index (χ2v) is 6.17. The van der Waals surface area contributed by atoms with Crippen LogP contribution in [0.1, 0.15) is 5.56 Å². The fraction of sp³-hybridized carbons (Fsp3) is 0.0526. The molecule has 0 radical (unpaired) electrons. The van der Waals surface area contributed by atoms with Crippen molar-refractivity contribution in [2.24, 2.45) is 0 Å². The lowest BCUT2D eigenvalue weighted by atomic mass is 10.1. The fourth-order valence-corrected chi connectivity index (χ4v) is 3.13. The van der Waals surface area contributed by atoms with Gasteiger partial charge < -0.3 is 5.32 Å². The molecule has 0 saturated heterocycles. The fourth-order valence-electron chi connectivity index (χ4n) is 3.13. The lowest BCUT2D eigenvalue weighted by Crippen LogP contribution is -2.05. The number of rotatable bonds is 2. The van der Waals surface area contributed by atoms with Crippen LogP contribution < -0.4 is 5.32 Å². The van der Waals surface area contributed by atoms with Gasteiger partial charge in [-0.25, -0.2) is 9.97 Å². The topological polar surface area (TPSA) is 68.0 Å². The molecule has 0 aliphatic rings. The molecule has 0 aliphatic heterocycles. The molecule has 0 unspecified atom stereocenters. The largest absolute Gasteiger partial charge is 0.416 e. The number of nitrogens with zero attached hydrogens (tertiary/aromatic N) is 5. The Labute approximate surface area is 155 Å². The van der Waals surface area contributed by atoms with Gasteiger partial charge in [0, 0.05) is 35.9 Å². The summed E-state index contributed by atoms with van der Waals surface area (Å²) in [4.78, 5) is 17.4. The number of hydrogen-bond donors (Lipinski definition) is 1. The van der Waals surface area contributed by atoms with Crippen LogP contribution in [0.15, 0.2) is 61.3 Å². The van der Waals surface area contributed by atoms with Crippen molar-refractivity contribution in [3.05, 3.63) is 66.9 Å². The highest BCUT2D eigenvalue weighted by molar-refractivity contribution is 6.06. The predicted octanol–water partition coefficient (Wildman–Crippen LogP) is 4.59. The number of hydrogen-bond acceptors (Lipinski definition) is 5. The third-order valence-corrected chi connectivity index (χ3v) is 4.39.